The molecule has 2 heterocycles. The van der Waals surface area contributed by atoms with E-state index in [1.165, 1.54) is 0 Å². The van der Waals surface area contributed by atoms with Crippen molar-refractivity contribution in [2.24, 2.45) is 0 Å². The maximum absolute atomic E-state index is 5.72. The smallest absolute Gasteiger partial charge is 0.140 e. The number of rotatable bonds is 1. The highest BCUT2D eigenvalue weighted by molar-refractivity contribution is 9.10. The van der Waals surface area contributed by atoms with E-state index in [1.807, 2.05) is 16.8 Å². The first-order chi connectivity index (χ1) is 5.77. The molecule has 0 saturated heterocycles. The van der Waals surface area contributed by atoms with Crippen LogP contribution in [0, 0.1) is 0 Å². The van der Waals surface area contributed by atoms with Gasteiger partial charge in [0.15, 0.2) is 0 Å². The molecule has 2 rings (SSSR count). The Morgan fingerprint density at radius 2 is 2.25 bits per heavy atom. The summed E-state index contributed by atoms with van der Waals surface area (Å²) >= 11 is 12.4. The third-order valence-electron chi connectivity index (χ3n) is 1.29. The second-order valence-electron chi connectivity index (χ2n) is 2.07. The summed E-state index contributed by atoms with van der Waals surface area (Å²) in [4.78, 5) is 5.32. The number of thiophene rings is 1. The monoisotopic (exact) mass is 279 g/mol. The molecular formula is C7H3BrClNS2. The molecule has 2 aromatic rings. The first-order valence-corrected chi connectivity index (χ1v) is 6.05. The highest BCUT2D eigenvalue weighted by atomic mass is 79.9. The molecule has 0 aliphatic carbocycles. The van der Waals surface area contributed by atoms with Gasteiger partial charge in [-0.2, -0.15) is 0 Å². The van der Waals surface area contributed by atoms with E-state index in [0.717, 1.165) is 14.4 Å². The molecule has 5 heteroatoms. The van der Waals surface area contributed by atoms with E-state index < -0.39 is 0 Å². The fourth-order valence-electron chi connectivity index (χ4n) is 0.805. The summed E-state index contributed by atoms with van der Waals surface area (Å²) in [5, 5.41) is 5.40. The lowest BCUT2D eigenvalue weighted by Gasteiger charge is -1.88. The van der Waals surface area contributed by atoms with Crippen LogP contribution in [-0.4, -0.2) is 4.98 Å². The summed E-state index contributed by atoms with van der Waals surface area (Å²) < 4.78 is 1.08. The van der Waals surface area contributed by atoms with Crippen molar-refractivity contribution < 1.29 is 0 Å². The topological polar surface area (TPSA) is 12.9 Å². The highest BCUT2D eigenvalue weighted by Gasteiger charge is 2.07. The van der Waals surface area contributed by atoms with Crippen LogP contribution < -0.4 is 0 Å². The number of hydrogen-bond acceptors (Lipinski definition) is 3. The minimum Gasteiger partial charge on any atom is -0.223 e. The molecule has 0 fully saturated rings. The maximum Gasteiger partial charge on any atom is 0.140 e. The molecule has 0 N–H and O–H groups in total. The van der Waals surface area contributed by atoms with Crippen LogP contribution in [-0.2, 0) is 0 Å². The second-order valence-corrected chi connectivity index (χ2v) is 5.09. The number of nitrogens with zero attached hydrogens (tertiary/aromatic N) is 1. The van der Waals surface area contributed by atoms with Crippen LogP contribution in [0.1, 0.15) is 0 Å². The molecule has 0 amide bonds. The summed E-state index contributed by atoms with van der Waals surface area (Å²) in [7, 11) is 0. The number of aromatic nitrogens is 1. The summed E-state index contributed by atoms with van der Waals surface area (Å²) in [6.07, 6.45) is 0. The Balaban J connectivity index is 2.50. The lowest BCUT2D eigenvalue weighted by atomic mass is 10.5. The van der Waals surface area contributed by atoms with E-state index in [4.69, 9.17) is 11.6 Å². The molecule has 0 aliphatic heterocycles. The number of thiazole rings is 1. The van der Waals surface area contributed by atoms with Crippen molar-refractivity contribution in [3.05, 3.63) is 26.5 Å². The van der Waals surface area contributed by atoms with Gasteiger partial charge in [-0.3, -0.25) is 0 Å². The van der Waals surface area contributed by atoms with Crippen molar-refractivity contribution >= 4 is 50.2 Å². The van der Waals surface area contributed by atoms with Crippen LogP contribution in [0.25, 0.3) is 9.88 Å². The van der Waals surface area contributed by atoms with Crippen LogP contribution in [0.4, 0.5) is 0 Å². The number of hydrogen-bond donors (Lipinski definition) is 0. The fraction of sp³-hybridized carbons (Fsp3) is 0. The minimum absolute atomic E-state index is 0.565. The van der Waals surface area contributed by atoms with Gasteiger partial charge in [-0.15, -0.1) is 22.7 Å². The Morgan fingerprint density at radius 3 is 2.75 bits per heavy atom. The largest absolute Gasteiger partial charge is 0.223 e. The van der Waals surface area contributed by atoms with Gasteiger partial charge in [0.2, 0.25) is 0 Å². The lowest BCUT2D eigenvalue weighted by Crippen LogP contribution is -1.68. The molecule has 2 aromatic heterocycles. The fourth-order valence-corrected chi connectivity index (χ4v) is 3.57. The van der Waals surface area contributed by atoms with Gasteiger partial charge >= 0.3 is 0 Å². The van der Waals surface area contributed by atoms with Gasteiger partial charge in [0.25, 0.3) is 0 Å². The Hall–Kier alpha value is 0.1000. The predicted molar refractivity (Wildman–Crippen MR) is 58.1 cm³/mol. The van der Waals surface area contributed by atoms with Gasteiger partial charge in [0.05, 0.1) is 4.88 Å². The van der Waals surface area contributed by atoms with Gasteiger partial charge < -0.3 is 0 Å². The van der Waals surface area contributed by atoms with Gasteiger partial charge in [-0.1, -0.05) is 11.6 Å². The van der Waals surface area contributed by atoms with Crippen LogP contribution in [0.5, 0.6) is 0 Å². The third kappa shape index (κ3) is 1.57. The zero-order chi connectivity index (χ0) is 8.55. The lowest BCUT2D eigenvalue weighted by molar-refractivity contribution is 1.43. The predicted octanol–water partition coefficient (Wildman–Crippen LogP) is 4.29. The van der Waals surface area contributed by atoms with E-state index >= 15 is 0 Å². The average molecular weight is 281 g/mol. The zero-order valence-electron chi connectivity index (χ0n) is 5.75. The van der Waals surface area contributed by atoms with Gasteiger partial charge in [-0.05, 0) is 27.4 Å². The second kappa shape index (κ2) is 3.46. The summed E-state index contributed by atoms with van der Waals surface area (Å²) in [6.45, 7) is 0. The van der Waals surface area contributed by atoms with E-state index in [0.29, 0.717) is 5.15 Å². The zero-order valence-corrected chi connectivity index (χ0v) is 9.73. The van der Waals surface area contributed by atoms with Crippen LogP contribution >= 0.6 is 50.2 Å². The Bertz CT molecular complexity index is 396. The molecule has 0 aliphatic rings. The SMILES string of the molecule is Clc1csc(-c2sccc2Br)n1. The van der Waals surface area contributed by atoms with E-state index in [2.05, 4.69) is 20.9 Å². The molecule has 1 nitrogen and oxygen atoms in total. The van der Waals surface area contributed by atoms with Gasteiger partial charge in [0, 0.05) is 9.85 Å². The normalized spacial score (nSPS) is 10.5. The van der Waals surface area contributed by atoms with Crippen LogP contribution in [0.3, 0.4) is 0 Å². The first kappa shape index (κ1) is 8.69. The molecule has 0 unspecified atom stereocenters. The Labute approximate surface area is 91.2 Å². The van der Waals surface area contributed by atoms with E-state index in [9.17, 15) is 0 Å². The van der Waals surface area contributed by atoms with Crippen molar-refractivity contribution in [2.75, 3.05) is 0 Å². The molecule has 0 radical (unpaired) electrons. The van der Waals surface area contributed by atoms with Crippen molar-refractivity contribution in [3.8, 4) is 9.88 Å². The quantitative estimate of drug-likeness (QED) is 0.759. The van der Waals surface area contributed by atoms with Crippen LogP contribution in [0.2, 0.25) is 5.15 Å². The molecule has 0 bridgehead atoms. The molecule has 62 valence electrons. The summed E-state index contributed by atoms with van der Waals surface area (Å²) in [5.74, 6) is 0. The number of halogens is 2. The average Bonchev–Trinajstić information content (AvgIpc) is 2.58. The maximum atomic E-state index is 5.72. The molecule has 0 aromatic carbocycles. The minimum atomic E-state index is 0.565. The Morgan fingerprint density at radius 1 is 1.42 bits per heavy atom. The Kier molecular flexibility index (Phi) is 2.50. The third-order valence-corrected chi connectivity index (χ3v) is 4.44. The molecule has 0 atom stereocenters. The van der Waals surface area contributed by atoms with E-state index in [1.54, 1.807) is 22.7 Å². The first-order valence-electron chi connectivity index (χ1n) is 3.12. The van der Waals surface area contributed by atoms with Crippen molar-refractivity contribution in [3.63, 3.8) is 0 Å². The summed E-state index contributed by atoms with van der Waals surface area (Å²) in [5.41, 5.74) is 0. The van der Waals surface area contributed by atoms with Gasteiger partial charge in [-0.25, -0.2) is 4.98 Å². The van der Waals surface area contributed by atoms with Crippen molar-refractivity contribution in [1.29, 1.82) is 0 Å². The summed E-state index contributed by atoms with van der Waals surface area (Å²) in [6, 6.07) is 2.01. The molecule has 0 saturated carbocycles. The molecule has 0 spiro atoms. The standard InChI is InChI=1S/C7H3BrClNS2/c8-4-1-2-11-6(4)7-10-5(9)3-12-7/h1-3H. The van der Waals surface area contributed by atoms with Crippen molar-refractivity contribution in [2.45, 2.75) is 0 Å². The highest BCUT2D eigenvalue weighted by Crippen LogP contribution is 2.35. The van der Waals surface area contributed by atoms with Gasteiger partial charge in [0.1, 0.15) is 10.2 Å². The molecule has 12 heavy (non-hydrogen) atoms. The van der Waals surface area contributed by atoms with E-state index in [-0.39, 0.29) is 0 Å². The molecular weight excluding hydrogens is 278 g/mol. The van der Waals surface area contributed by atoms with Crippen LogP contribution in [0.15, 0.2) is 21.3 Å². The van der Waals surface area contributed by atoms with Crippen molar-refractivity contribution in [1.82, 2.24) is 4.98 Å².